The highest BCUT2D eigenvalue weighted by molar-refractivity contribution is 9.10. The lowest BCUT2D eigenvalue weighted by Gasteiger charge is -1.99. The number of allylic oxidation sites excluding steroid dienone is 1. The van der Waals surface area contributed by atoms with Crippen molar-refractivity contribution < 1.29 is 8.42 Å². The fourth-order valence-corrected chi connectivity index (χ4v) is 3.08. The van der Waals surface area contributed by atoms with Gasteiger partial charge in [-0.15, -0.1) is 0 Å². The Morgan fingerprint density at radius 3 is 2.76 bits per heavy atom. The lowest BCUT2D eigenvalue weighted by molar-refractivity contribution is 0.589. The van der Waals surface area contributed by atoms with Crippen LogP contribution >= 0.6 is 15.9 Å². The first-order chi connectivity index (χ1) is 7.93. The third-order valence-corrected chi connectivity index (χ3v) is 3.74. The second-order valence-electron chi connectivity index (χ2n) is 3.28. The number of hydrogen-bond acceptors (Lipinski definition) is 4. The molecule has 0 bridgehead atoms. The first-order valence-corrected chi connectivity index (χ1v) is 6.98. The summed E-state index contributed by atoms with van der Waals surface area (Å²) in [6, 6.07) is 3.41. The molecular formula is C9H9BrN4O2S. The number of fused-ring (bicyclic) bond motifs is 1. The summed E-state index contributed by atoms with van der Waals surface area (Å²) in [6.45, 7) is 1.84. The van der Waals surface area contributed by atoms with Crippen LogP contribution in [-0.4, -0.2) is 23.0 Å². The van der Waals surface area contributed by atoms with Gasteiger partial charge in [0.1, 0.15) is 4.60 Å². The summed E-state index contributed by atoms with van der Waals surface area (Å²) in [6.07, 6.45) is 3.55. The average Bonchev–Trinajstić information content (AvgIpc) is 2.53. The number of imidazole rings is 1. The molecule has 0 aliphatic rings. The summed E-state index contributed by atoms with van der Waals surface area (Å²) >= 11 is 3.06. The van der Waals surface area contributed by atoms with Crippen LogP contribution in [0.1, 0.15) is 12.6 Å². The number of nitrogens with two attached hydrogens (primary N) is 1. The largest absolute Gasteiger partial charge is 0.258 e. The van der Waals surface area contributed by atoms with Crippen molar-refractivity contribution in [1.29, 1.82) is 0 Å². The molecule has 17 heavy (non-hydrogen) atoms. The highest BCUT2D eigenvalue weighted by Crippen LogP contribution is 2.21. The van der Waals surface area contributed by atoms with Crippen molar-refractivity contribution in [2.75, 3.05) is 0 Å². The number of halogens is 1. The summed E-state index contributed by atoms with van der Waals surface area (Å²) in [4.78, 5) is 4.01. The number of nitrogens with zero attached hydrogens (tertiary/aromatic N) is 3. The van der Waals surface area contributed by atoms with Gasteiger partial charge in [0, 0.05) is 0 Å². The predicted octanol–water partition coefficient (Wildman–Crippen LogP) is 1.17. The van der Waals surface area contributed by atoms with Gasteiger partial charge in [0.25, 0.3) is 10.0 Å². The van der Waals surface area contributed by atoms with Crippen LogP contribution in [-0.2, 0) is 10.0 Å². The molecule has 2 rings (SSSR count). The van der Waals surface area contributed by atoms with Gasteiger partial charge < -0.3 is 0 Å². The zero-order valence-electron chi connectivity index (χ0n) is 8.83. The maximum absolute atomic E-state index is 11.4. The zero-order chi connectivity index (χ0) is 12.6. The van der Waals surface area contributed by atoms with Crippen molar-refractivity contribution in [2.24, 2.45) is 5.14 Å². The molecule has 90 valence electrons. The first-order valence-electron chi connectivity index (χ1n) is 4.64. The van der Waals surface area contributed by atoms with Crippen molar-refractivity contribution in [3.8, 4) is 0 Å². The molecule has 0 saturated heterocycles. The van der Waals surface area contributed by atoms with Crippen molar-refractivity contribution in [1.82, 2.24) is 14.6 Å². The maximum Gasteiger partial charge on any atom is 0.258 e. The summed E-state index contributed by atoms with van der Waals surface area (Å²) in [5.41, 5.74) is 1.03. The van der Waals surface area contributed by atoms with Gasteiger partial charge in [0.2, 0.25) is 5.03 Å². The van der Waals surface area contributed by atoms with Crippen LogP contribution in [0.25, 0.3) is 11.7 Å². The van der Waals surface area contributed by atoms with E-state index in [1.807, 2.05) is 6.92 Å². The molecule has 2 aromatic rings. The van der Waals surface area contributed by atoms with Crippen LogP contribution in [0.4, 0.5) is 0 Å². The fourth-order valence-electron chi connectivity index (χ4n) is 1.40. The van der Waals surface area contributed by atoms with Crippen LogP contribution in [0.15, 0.2) is 27.8 Å². The Kier molecular flexibility index (Phi) is 3.02. The monoisotopic (exact) mass is 316 g/mol. The quantitative estimate of drug-likeness (QED) is 0.900. The van der Waals surface area contributed by atoms with Gasteiger partial charge in [0.05, 0.1) is 5.69 Å². The van der Waals surface area contributed by atoms with E-state index in [0.29, 0.717) is 11.3 Å². The molecule has 0 spiro atoms. The Balaban J connectivity index is 2.83. The molecule has 0 aromatic carbocycles. The Morgan fingerprint density at radius 2 is 2.18 bits per heavy atom. The molecule has 2 heterocycles. The third kappa shape index (κ3) is 2.24. The lowest BCUT2D eigenvalue weighted by Crippen LogP contribution is -2.16. The van der Waals surface area contributed by atoms with E-state index in [1.165, 1.54) is 4.52 Å². The normalized spacial score (nSPS) is 12.6. The van der Waals surface area contributed by atoms with E-state index in [4.69, 9.17) is 5.14 Å². The molecular weight excluding hydrogens is 308 g/mol. The highest BCUT2D eigenvalue weighted by atomic mass is 79.9. The summed E-state index contributed by atoms with van der Waals surface area (Å²) in [7, 11) is -3.88. The smallest absolute Gasteiger partial charge is 0.223 e. The molecule has 6 nitrogen and oxygen atoms in total. The van der Waals surface area contributed by atoms with E-state index in [1.54, 1.807) is 24.3 Å². The van der Waals surface area contributed by atoms with Gasteiger partial charge >= 0.3 is 0 Å². The van der Waals surface area contributed by atoms with Crippen LogP contribution < -0.4 is 5.14 Å². The predicted molar refractivity (Wildman–Crippen MR) is 66.8 cm³/mol. The summed E-state index contributed by atoms with van der Waals surface area (Å²) in [5.74, 6) is 0. The molecule has 0 fully saturated rings. The van der Waals surface area contributed by atoms with Crippen LogP contribution in [0, 0.1) is 0 Å². The van der Waals surface area contributed by atoms with Gasteiger partial charge in [-0.25, -0.2) is 18.5 Å². The second kappa shape index (κ2) is 4.21. The lowest BCUT2D eigenvalue weighted by atomic mass is 10.3. The molecule has 0 aliphatic heterocycles. The van der Waals surface area contributed by atoms with E-state index in [0.717, 1.165) is 0 Å². The number of aromatic nitrogens is 3. The van der Waals surface area contributed by atoms with Crippen molar-refractivity contribution in [2.45, 2.75) is 11.9 Å². The number of sulfonamides is 1. The summed E-state index contributed by atoms with van der Waals surface area (Å²) in [5, 5.41) is 9.09. The number of primary sulfonamides is 1. The Hall–Kier alpha value is -1.25. The summed E-state index contributed by atoms with van der Waals surface area (Å²) < 4.78 is 24.2. The second-order valence-corrected chi connectivity index (χ2v) is 5.51. The fraction of sp³-hybridized carbons (Fsp3) is 0.111. The maximum atomic E-state index is 11.4. The van der Waals surface area contributed by atoms with Crippen LogP contribution in [0.5, 0.6) is 0 Å². The first kappa shape index (κ1) is 12.2. The molecule has 0 atom stereocenters. The van der Waals surface area contributed by atoms with E-state index in [-0.39, 0.29) is 9.63 Å². The standard InChI is InChI=1S/C9H9BrN4O2S/c1-2-3-6-4-5-7-12-8(10)9(14(7)13-6)17(11,15)16/h2-5H,1H3,(H2,11,15,16). The molecule has 0 radical (unpaired) electrons. The van der Waals surface area contributed by atoms with Crippen molar-refractivity contribution >= 4 is 37.7 Å². The SMILES string of the molecule is CC=Cc1ccc2nc(Br)c(S(N)(=O)=O)n2n1. The highest BCUT2D eigenvalue weighted by Gasteiger charge is 2.21. The van der Waals surface area contributed by atoms with Gasteiger partial charge in [-0.1, -0.05) is 6.08 Å². The molecule has 8 heteroatoms. The Labute approximate surface area is 106 Å². The minimum Gasteiger partial charge on any atom is -0.223 e. The molecule has 2 N–H and O–H groups in total. The zero-order valence-corrected chi connectivity index (χ0v) is 11.2. The van der Waals surface area contributed by atoms with Gasteiger partial charge in [-0.3, -0.25) is 0 Å². The minimum atomic E-state index is -3.88. The minimum absolute atomic E-state index is 0.154. The Morgan fingerprint density at radius 1 is 1.47 bits per heavy atom. The average molecular weight is 317 g/mol. The third-order valence-electron chi connectivity index (χ3n) is 2.02. The van der Waals surface area contributed by atoms with E-state index >= 15 is 0 Å². The van der Waals surface area contributed by atoms with Gasteiger partial charge in [-0.2, -0.15) is 9.61 Å². The topological polar surface area (TPSA) is 90.3 Å². The molecule has 0 amide bonds. The van der Waals surface area contributed by atoms with E-state index in [9.17, 15) is 8.42 Å². The molecule has 0 saturated carbocycles. The number of rotatable bonds is 2. The van der Waals surface area contributed by atoms with Crippen molar-refractivity contribution in [3.63, 3.8) is 0 Å². The Bertz CT molecular complexity index is 705. The van der Waals surface area contributed by atoms with Crippen LogP contribution in [0.2, 0.25) is 0 Å². The van der Waals surface area contributed by atoms with Gasteiger partial charge in [0.15, 0.2) is 5.65 Å². The van der Waals surface area contributed by atoms with Crippen LogP contribution in [0.3, 0.4) is 0 Å². The number of hydrogen-bond donors (Lipinski definition) is 1. The molecule has 0 aliphatic carbocycles. The van der Waals surface area contributed by atoms with E-state index in [2.05, 4.69) is 26.0 Å². The van der Waals surface area contributed by atoms with E-state index < -0.39 is 10.0 Å². The van der Waals surface area contributed by atoms with Gasteiger partial charge in [-0.05, 0) is 41.1 Å². The van der Waals surface area contributed by atoms with Crippen molar-refractivity contribution in [3.05, 3.63) is 28.5 Å². The molecule has 0 unspecified atom stereocenters. The molecule has 2 aromatic heterocycles.